The normalized spacial score (nSPS) is 17.1. The Morgan fingerprint density at radius 1 is 0.909 bits per heavy atom. The molecule has 0 saturated heterocycles. The molecule has 236 valence electrons. The standard InChI is InChI=1S/C31H41N7O6/c1-19(2)15-24(27(40)34-22(18-39)16-20-9-5-3-6-10-20)35-28(41)26(23-13-14-33-30(32)36-23)38-31(44)37-25(29(42)43)17-21-11-7-4-8-12-21/h3-12,18-19,22-26H,13-17H2,1-2H3,(H,34,40)(H,35,41)(H,42,43)(H3,32,33,36)(H2,37,38,44)/t22-,23-,24+,25-,26+/m0/s1. The Morgan fingerprint density at radius 2 is 1.52 bits per heavy atom. The second-order valence-electron chi connectivity index (χ2n) is 11.1. The fourth-order valence-corrected chi connectivity index (χ4v) is 4.85. The van der Waals surface area contributed by atoms with Crippen molar-refractivity contribution in [1.29, 1.82) is 0 Å². The van der Waals surface area contributed by atoms with E-state index in [2.05, 4.69) is 31.6 Å². The Labute approximate surface area is 256 Å². The van der Waals surface area contributed by atoms with Crippen LogP contribution in [0.3, 0.4) is 0 Å². The van der Waals surface area contributed by atoms with E-state index in [4.69, 9.17) is 5.73 Å². The summed E-state index contributed by atoms with van der Waals surface area (Å²) in [6.07, 6.45) is 1.53. The number of hydrogen-bond acceptors (Lipinski definition) is 8. The number of aliphatic imine (C=N–C) groups is 1. The van der Waals surface area contributed by atoms with Gasteiger partial charge in [-0.15, -0.1) is 0 Å². The number of benzene rings is 2. The first-order valence-electron chi connectivity index (χ1n) is 14.6. The van der Waals surface area contributed by atoms with E-state index in [0.717, 1.165) is 5.56 Å². The van der Waals surface area contributed by atoms with Crippen LogP contribution in [0.25, 0.3) is 0 Å². The number of carboxylic acid groups (broad SMARTS) is 1. The van der Waals surface area contributed by atoms with Crippen LogP contribution in [-0.2, 0) is 32.0 Å². The maximum Gasteiger partial charge on any atom is 0.326 e. The van der Waals surface area contributed by atoms with Crippen molar-refractivity contribution in [2.45, 2.75) is 69.7 Å². The zero-order valence-corrected chi connectivity index (χ0v) is 24.9. The molecular formula is C31H41N7O6. The van der Waals surface area contributed by atoms with Crippen LogP contribution in [0, 0.1) is 5.92 Å². The van der Waals surface area contributed by atoms with Crippen molar-refractivity contribution in [3.8, 4) is 0 Å². The largest absolute Gasteiger partial charge is 0.480 e. The van der Waals surface area contributed by atoms with Gasteiger partial charge in [0.2, 0.25) is 11.8 Å². The molecule has 5 atom stereocenters. The third-order valence-electron chi connectivity index (χ3n) is 7.02. The molecule has 3 rings (SSSR count). The summed E-state index contributed by atoms with van der Waals surface area (Å²) in [5.74, 6) is -2.43. The van der Waals surface area contributed by atoms with Crippen LogP contribution in [0.5, 0.6) is 0 Å². The van der Waals surface area contributed by atoms with Gasteiger partial charge < -0.3 is 42.2 Å². The quantitative estimate of drug-likeness (QED) is 0.142. The van der Waals surface area contributed by atoms with Crippen molar-refractivity contribution < 1.29 is 29.1 Å². The van der Waals surface area contributed by atoms with Crippen LogP contribution in [0.2, 0.25) is 0 Å². The zero-order chi connectivity index (χ0) is 32.1. The summed E-state index contributed by atoms with van der Waals surface area (Å²) in [5.41, 5.74) is 7.41. The fourth-order valence-electron chi connectivity index (χ4n) is 4.85. The highest BCUT2D eigenvalue weighted by molar-refractivity contribution is 5.94. The molecule has 0 fully saturated rings. The van der Waals surface area contributed by atoms with Crippen molar-refractivity contribution in [3.05, 3.63) is 71.8 Å². The van der Waals surface area contributed by atoms with Crippen molar-refractivity contribution in [1.82, 2.24) is 26.6 Å². The molecule has 8 N–H and O–H groups in total. The maximum atomic E-state index is 13.7. The number of carbonyl (C=O) groups excluding carboxylic acids is 4. The Balaban J connectivity index is 1.76. The average molecular weight is 608 g/mol. The minimum Gasteiger partial charge on any atom is -0.480 e. The van der Waals surface area contributed by atoms with E-state index < -0.39 is 54.0 Å². The third-order valence-corrected chi connectivity index (χ3v) is 7.02. The second kappa shape index (κ2) is 16.6. The Kier molecular flexibility index (Phi) is 12.7. The number of rotatable bonds is 15. The number of nitrogens with one attached hydrogen (secondary N) is 5. The lowest BCUT2D eigenvalue weighted by atomic mass is 9.99. The summed E-state index contributed by atoms with van der Waals surface area (Å²) in [6.45, 7) is 4.15. The van der Waals surface area contributed by atoms with E-state index in [9.17, 15) is 29.1 Å². The van der Waals surface area contributed by atoms with Crippen LogP contribution in [-0.4, -0.2) is 77.9 Å². The number of carbonyl (C=O) groups is 5. The van der Waals surface area contributed by atoms with Crippen molar-refractivity contribution in [2.75, 3.05) is 6.54 Å². The van der Waals surface area contributed by atoms with Gasteiger partial charge in [0.15, 0.2) is 5.96 Å². The molecule has 0 bridgehead atoms. The number of aldehydes is 1. The molecule has 0 spiro atoms. The summed E-state index contributed by atoms with van der Waals surface area (Å²) in [6, 6.07) is 11.9. The van der Waals surface area contributed by atoms with E-state index in [1.54, 1.807) is 30.3 Å². The number of carboxylic acids is 1. The minimum absolute atomic E-state index is 0.00794. The van der Waals surface area contributed by atoms with Crippen LogP contribution < -0.4 is 32.3 Å². The van der Waals surface area contributed by atoms with Crippen LogP contribution in [0.1, 0.15) is 37.8 Å². The van der Waals surface area contributed by atoms with Gasteiger partial charge in [0.05, 0.1) is 12.1 Å². The third kappa shape index (κ3) is 10.7. The summed E-state index contributed by atoms with van der Waals surface area (Å²) >= 11 is 0. The molecule has 0 radical (unpaired) electrons. The topological polar surface area (TPSA) is 204 Å². The van der Waals surface area contributed by atoms with Gasteiger partial charge in [-0.05, 0) is 36.3 Å². The van der Waals surface area contributed by atoms with E-state index in [-0.39, 0.29) is 31.1 Å². The lowest BCUT2D eigenvalue weighted by Crippen LogP contribution is -2.61. The van der Waals surface area contributed by atoms with Crippen molar-refractivity contribution in [3.63, 3.8) is 0 Å². The van der Waals surface area contributed by atoms with Crippen LogP contribution >= 0.6 is 0 Å². The predicted octanol–water partition coefficient (Wildman–Crippen LogP) is 0.484. The SMILES string of the molecule is CC(C)C[C@@H](NC(=O)[C@H](NC(=O)N[C@@H](Cc1ccccc1)C(=O)O)[C@@H]1CCNC(N)=N1)C(=O)N[C@H](C=O)Cc1ccccc1. The number of nitrogens with zero attached hydrogens (tertiary/aromatic N) is 1. The summed E-state index contributed by atoms with van der Waals surface area (Å²) in [7, 11) is 0. The molecule has 1 heterocycles. The van der Waals surface area contributed by atoms with Gasteiger partial charge in [-0.25, -0.2) is 14.6 Å². The van der Waals surface area contributed by atoms with Crippen molar-refractivity contribution in [2.24, 2.45) is 16.6 Å². The second-order valence-corrected chi connectivity index (χ2v) is 11.1. The molecule has 4 amide bonds. The number of aliphatic carboxylic acids is 1. The van der Waals surface area contributed by atoms with Gasteiger partial charge in [-0.1, -0.05) is 74.5 Å². The predicted molar refractivity (Wildman–Crippen MR) is 165 cm³/mol. The summed E-state index contributed by atoms with van der Waals surface area (Å²) < 4.78 is 0. The number of urea groups is 1. The average Bonchev–Trinajstić information content (AvgIpc) is 2.99. The van der Waals surface area contributed by atoms with E-state index >= 15 is 0 Å². The van der Waals surface area contributed by atoms with Gasteiger partial charge >= 0.3 is 12.0 Å². The van der Waals surface area contributed by atoms with E-state index in [1.807, 2.05) is 44.2 Å². The molecule has 1 aliphatic rings. The van der Waals surface area contributed by atoms with Crippen LogP contribution in [0.4, 0.5) is 4.79 Å². The molecule has 13 nitrogen and oxygen atoms in total. The summed E-state index contributed by atoms with van der Waals surface area (Å²) in [5, 5.41) is 23.0. The van der Waals surface area contributed by atoms with Gasteiger partial charge in [-0.3, -0.25) is 9.59 Å². The first-order valence-corrected chi connectivity index (χ1v) is 14.6. The molecule has 13 heteroatoms. The molecule has 44 heavy (non-hydrogen) atoms. The molecule has 1 aliphatic heterocycles. The highest BCUT2D eigenvalue weighted by Crippen LogP contribution is 2.12. The number of hydrogen-bond donors (Lipinski definition) is 7. The van der Waals surface area contributed by atoms with E-state index in [0.29, 0.717) is 24.8 Å². The zero-order valence-electron chi connectivity index (χ0n) is 24.9. The highest BCUT2D eigenvalue weighted by Gasteiger charge is 2.35. The van der Waals surface area contributed by atoms with Crippen molar-refractivity contribution >= 4 is 36.1 Å². The fraction of sp³-hybridized carbons (Fsp3) is 0.419. The monoisotopic (exact) mass is 607 g/mol. The molecule has 0 saturated carbocycles. The molecule has 0 aromatic heterocycles. The van der Waals surface area contributed by atoms with Crippen LogP contribution in [0.15, 0.2) is 65.7 Å². The minimum atomic E-state index is -1.28. The molecule has 0 aliphatic carbocycles. The molecule has 2 aromatic carbocycles. The van der Waals surface area contributed by atoms with E-state index in [1.165, 1.54) is 0 Å². The smallest absolute Gasteiger partial charge is 0.326 e. The molecule has 0 unspecified atom stereocenters. The lowest BCUT2D eigenvalue weighted by molar-refractivity contribution is -0.139. The molecular weight excluding hydrogens is 566 g/mol. The number of nitrogens with two attached hydrogens (primary N) is 1. The van der Waals surface area contributed by atoms with Gasteiger partial charge in [0.1, 0.15) is 24.4 Å². The van der Waals surface area contributed by atoms with Gasteiger partial charge in [0, 0.05) is 13.0 Å². The Hall–Kier alpha value is -4.94. The number of guanidine groups is 1. The Bertz CT molecular complexity index is 1310. The first kappa shape index (κ1) is 33.6. The first-order chi connectivity index (χ1) is 21.0. The molecule has 2 aromatic rings. The maximum absolute atomic E-state index is 13.7. The lowest BCUT2D eigenvalue weighted by Gasteiger charge is -2.30. The summed E-state index contributed by atoms with van der Waals surface area (Å²) in [4.78, 5) is 68.1. The highest BCUT2D eigenvalue weighted by atomic mass is 16.4. The van der Waals surface area contributed by atoms with Gasteiger partial charge in [0.25, 0.3) is 0 Å². The number of amides is 4. The van der Waals surface area contributed by atoms with Gasteiger partial charge in [-0.2, -0.15) is 0 Å². The Morgan fingerprint density at radius 3 is 2.07 bits per heavy atom.